The second-order valence-corrected chi connectivity index (χ2v) is 7.03. The van der Waals surface area contributed by atoms with Gasteiger partial charge in [0.1, 0.15) is 18.1 Å². The fraction of sp³-hybridized carbons (Fsp3) is 0.217. The number of nitrogens with one attached hydrogen (secondary N) is 1. The van der Waals surface area contributed by atoms with Crippen LogP contribution in [0.3, 0.4) is 0 Å². The van der Waals surface area contributed by atoms with Crippen molar-refractivity contribution in [3.63, 3.8) is 0 Å². The molecule has 31 heavy (non-hydrogen) atoms. The maximum Gasteiger partial charge on any atom is 0.254 e. The lowest BCUT2D eigenvalue weighted by atomic mass is 10.0. The van der Waals surface area contributed by atoms with E-state index in [0.717, 1.165) is 16.0 Å². The zero-order valence-electron chi connectivity index (χ0n) is 17.2. The van der Waals surface area contributed by atoms with Gasteiger partial charge in [-0.25, -0.2) is 0 Å². The van der Waals surface area contributed by atoms with Crippen molar-refractivity contribution < 1.29 is 24.0 Å². The summed E-state index contributed by atoms with van der Waals surface area (Å²) >= 11 is 0. The van der Waals surface area contributed by atoms with E-state index in [1.807, 2.05) is 30.3 Å². The standard InChI is InChI=1S/C23H23N3O5/c1-15-12-19(25-31-15)13-24-22(29)21(20(28)14-27)26(2)23(30)18-10-8-17(9-11-18)16-6-4-3-5-7-16/h3-12,21,27H,13-14H2,1-2H3,(H,24,29). The van der Waals surface area contributed by atoms with Gasteiger partial charge in [0.2, 0.25) is 0 Å². The van der Waals surface area contributed by atoms with E-state index >= 15 is 0 Å². The molecule has 3 aromatic rings. The van der Waals surface area contributed by atoms with Crippen LogP contribution in [0.15, 0.2) is 65.2 Å². The number of rotatable bonds is 8. The highest BCUT2D eigenvalue weighted by Crippen LogP contribution is 2.20. The summed E-state index contributed by atoms with van der Waals surface area (Å²) in [5.74, 6) is -1.43. The third-order valence-electron chi connectivity index (χ3n) is 4.78. The monoisotopic (exact) mass is 421 g/mol. The summed E-state index contributed by atoms with van der Waals surface area (Å²) in [5, 5.41) is 15.6. The van der Waals surface area contributed by atoms with Gasteiger partial charge in [-0.1, -0.05) is 47.6 Å². The first-order chi connectivity index (χ1) is 14.9. The van der Waals surface area contributed by atoms with Crippen LogP contribution in [0.25, 0.3) is 11.1 Å². The Morgan fingerprint density at radius 2 is 1.71 bits per heavy atom. The van der Waals surface area contributed by atoms with Crippen molar-refractivity contribution >= 4 is 17.6 Å². The van der Waals surface area contributed by atoms with Crippen molar-refractivity contribution in [2.45, 2.75) is 19.5 Å². The fourth-order valence-electron chi connectivity index (χ4n) is 3.16. The molecule has 1 heterocycles. The molecule has 0 fully saturated rings. The van der Waals surface area contributed by atoms with Crippen LogP contribution in [0.5, 0.6) is 0 Å². The maximum atomic E-state index is 12.9. The number of carbonyl (C=O) groups is 3. The minimum Gasteiger partial charge on any atom is -0.388 e. The van der Waals surface area contributed by atoms with Crippen LogP contribution in [-0.4, -0.2) is 52.5 Å². The highest BCUT2D eigenvalue weighted by Gasteiger charge is 2.33. The Morgan fingerprint density at radius 1 is 1.06 bits per heavy atom. The van der Waals surface area contributed by atoms with Gasteiger partial charge >= 0.3 is 0 Å². The van der Waals surface area contributed by atoms with E-state index < -0.39 is 30.2 Å². The average molecular weight is 421 g/mol. The molecule has 0 saturated carbocycles. The SMILES string of the molecule is Cc1cc(CNC(=O)C(C(=O)CO)N(C)C(=O)c2ccc(-c3ccccc3)cc2)no1. The summed E-state index contributed by atoms with van der Waals surface area (Å²) in [4.78, 5) is 38.8. The number of aryl methyl sites for hydroxylation is 1. The van der Waals surface area contributed by atoms with Crippen LogP contribution in [0.1, 0.15) is 21.8 Å². The topological polar surface area (TPSA) is 113 Å². The molecular weight excluding hydrogens is 398 g/mol. The van der Waals surface area contributed by atoms with E-state index in [2.05, 4.69) is 10.5 Å². The third kappa shape index (κ3) is 5.23. The predicted molar refractivity (Wildman–Crippen MR) is 113 cm³/mol. The Balaban J connectivity index is 1.74. The van der Waals surface area contributed by atoms with Crippen LogP contribution in [0, 0.1) is 6.92 Å². The van der Waals surface area contributed by atoms with Crippen molar-refractivity contribution in [2.75, 3.05) is 13.7 Å². The lowest BCUT2D eigenvalue weighted by Crippen LogP contribution is -2.53. The molecule has 8 heteroatoms. The molecule has 0 aliphatic carbocycles. The number of aliphatic hydroxyl groups excluding tert-OH is 1. The first kappa shape index (κ1) is 21.9. The molecule has 2 N–H and O–H groups in total. The molecule has 0 spiro atoms. The number of carbonyl (C=O) groups excluding carboxylic acids is 3. The summed E-state index contributed by atoms with van der Waals surface area (Å²) in [6.07, 6.45) is 0. The molecule has 1 aromatic heterocycles. The van der Waals surface area contributed by atoms with Gasteiger partial charge < -0.3 is 19.8 Å². The number of likely N-dealkylation sites (N-methyl/N-ethyl adjacent to an activating group) is 1. The maximum absolute atomic E-state index is 12.9. The molecule has 3 rings (SSSR count). The molecule has 2 aromatic carbocycles. The number of aromatic nitrogens is 1. The van der Waals surface area contributed by atoms with Gasteiger partial charge in [0.25, 0.3) is 11.8 Å². The van der Waals surface area contributed by atoms with Gasteiger partial charge in [0.05, 0.1) is 6.54 Å². The van der Waals surface area contributed by atoms with Crippen molar-refractivity contribution in [3.8, 4) is 11.1 Å². The van der Waals surface area contributed by atoms with Crippen LogP contribution in [-0.2, 0) is 16.1 Å². The van der Waals surface area contributed by atoms with Crippen LogP contribution in [0.2, 0.25) is 0 Å². The van der Waals surface area contributed by atoms with Gasteiger partial charge in [-0.05, 0) is 30.2 Å². The average Bonchev–Trinajstić information content (AvgIpc) is 3.22. The molecule has 0 aliphatic rings. The molecule has 0 bridgehead atoms. The van der Waals surface area contributed by atoms with Crippen LogP contribution in [0.4, 0.5) is 0 Å². The lowest BCUT2D eigenvalue weighted by Gasteiger charge is -2.25. The highest BCUT2D eigenvalue weighted by atomic mass is 16.5. The van der Waals surface area contributed by atoms with Gasteiger partial charge in [-0.3, -0.25) is 14.4 Å². The summed E-state index contributed by atoms with van der Waals surface area (Å²) in [5.41, 5.74) is 2.73. The summed E-state index contributed by atoms with van der Waals surface area (Å²) in [6, 6.07) is 16.7. The van der Waals surface area contributed by atoms with Crippen molar-refractivity contribution in [1.82, 2.24) is 15.4 Å². The van der Waals surface area contributed by atoms with E-state index in [4.69, 9.17) is 4.52 Å². The Morgan fingerprint density at radius 3 is 2.29 bits per heavy atom. The largest absolute Gasteiger partial charge is 0.388 e. The Hall–Kier alpha value is -3.78. The van der Waals surface area contributed by atoms with Crippen molar-refractivity contribution in [1.29, 1.82) is 0 Å². The number of amides is 2. The lowest BCUT2D eigenvalue weighted by molar-refractivity contribution is -0.136. The molecule has 0 aliphatic heterocycles. The Labute approximate surface area is 179 Å². The first-order valence-electron chi connectivity index (χ1n) is 9.67. The van der Waals surface area contributed by atoms with Crippen LogP contribution >= 0.6 is 0 Å². The zero-order chi connectivity index (χ0) is 22.4. The number of ketones is 1. The molecule has 1 atom stereocenters. The Bertz CT molecular complexity index is 1060. The zero-order valence-corrected chi connectivity index (χ0v) is 17.2. The number of nitrogens with zero attached hydrogens (tertiary/aromatic N) is 2. The third-order valence-corrected chi connectivity index (χ3v) is 4.78. The predicted octanol–water partition coefficient (Wildman–Crippen LogP) is 1.97. The quantitative estimate of drug-likeness (QED) is 0.538. The summed E-state index contributed by atoms with van der Waals surface area (Å²) in [7, 11) is 1.35. The smallest absolute Gasteiger partial charge is 0.254 e. The summed E-state index contributed by atoms with van der Waals surface area (Å²) < 4.78 is 4.94. The van der Waals surface area contributed by atoms with E-state index in [9.17, 15) is 19.5 Å². The van der Waals surface area contributed by atoms with E-state index in [1.54, 1.807) is 37.3 Å². The normalized spacial score (nSPS) is 11.6. The van der Waals surface area contributed by atoms with Gasteiger partial charge in [-0.2, -0.15) is 0 Å². The Kier molecular flexibility index (Phi) is 6.94. The second-order valence-electron chi connectivity index (χ2n) is 7.03. The van der Waals surface area contributed by atoms with Crippen molar-refractivity contribution in [2.24, 2.45) is 0 Å². The molecule has 0 radical (unpaired) electrons. The summed E-state index contributed by atoms with van der Waals surface area (Å²) in [6.45, 7) is 0.872. The van der Waals surface area contributed by atoms with E-state index in [0.29, 0.717) is 17.0 Å². The molecular formula is C23H23N3O5. The fourth-order valence-corrected chi connectivity index (χ4v) is 3.16. The van der Waals surface area contributed by atoms with Gasteiger partial charge in [0, 0.05) is 18.7 Å². The van der Waals surface area contributed by atoms with Crippen LogP contribution < -0.4 is 5.32 Å². The minimum atomic E-state index is -1.47. The minimum absolute atomic E-state index is 0.0270. The number of hydrogen-bond donors (Lipinski definition) is 2. The molecule has 1 unspecified atom stereocenters. The van der Waals surface area contributed by atoms with E-state index in [-0.39, 0.29) is 6.54 Å². The molecule has 0 saturated heterocycles. The molecule has 2 amide bonds. The molecule has 160 valence electrons. The number of Topliss-reactive ketones (excluding diaryl/α,β-unsaturated/α-hetero) is 1. The number of hydrogen-bond acceptors (Lipinski definition) is 6. The second kappa shape index (κ2) is 9.82. The van der Waals surface area contributed by atoms with Gasteiger partial charge in [-0.15, -0.1) is 0 Å². The highest BCUT2D eigenvalue weighted by molar-refractivity contribution is 6.10. The number of aliphatic hydroxyl groups is 1. The van der Waals surface area contributed by atoms with E-state index in [1.165, 1.54) is 7.05 Å². The van der Waals surface area contributed by atoms with Gasteiger partial charge in [0.15, 0.2) is 11.8 Å². The van der Waals surface area contributed by atoms with Crippen molar-refractivity contribution in [3.05, 3.63) is 77.7 Å². The molecule has 8 nitrogen and oxygen atoms in total. The number of benzene rings is 2. The first-order valence-corrected chi connectivity index (χ1v) is 9.67.